The number of hydrogen-bond donors (Lipinski definition) is 2. The molecule has 1 atom stereocenters. The number of nitrogens with one attached hydrogen (secondary N) is 2. The highest BCUT2D eigenvalue weighted by Crippen LogP contribution is 2.25. The number of nitrogens with zero attached hydrogens (tertiary/aromatic N) is 3. The third kappa shape index (κ3) is 3.67. The number of furan rings is 1. The number of carbonyl (C=O) groups excluding carboxylic acids is 2. The molecule has 118 valence electrons. The van der Waals surface area contributed by atoms with Crippen LogP contribution < -0.4 is 10.6 Å². The molecule has 0 fully saturated rings. The maximum absolute atomic E-state index is 11.9. The first-order valence-electron chi connectivity index (χ1n) is 6.71. The molecule has 3 amide bonds. The second-order valence-corrected chi connectivity index (χ2v) is 5.76. The molecular formula is C13H17N5O3S. The summed E-state index contributed by atoms with van der Waals surface area (Å²) in [6, 6.07) is 3.04. The summed E-state index contributed by atoms with van der Waals surface area (Å²) in [5.74, 6) is 0.781. The molecule has 0 aliphatic carbocycles. The van der Waals surface area contributed by atoms with Crippen molar-refractivity contribution in [2.45, 2.75) is 24.3 Å². The first kappa shape index (κ1) is 16.1. The smallest absolute Gasteiger partial charge is 0.321 e. The molecule has 2 aromatic heterocycles. The van der Waals surface area contributed by atoms with E-state index in [1.165, 1.54) is 11.8 Å². The lowest BCUT2D eigenvalue weighted by atomic mass is 10.4. The molecule has 2 rings (SSSR count). The average molecular weight is 323 g/mol. The summed E-state index contributed by atoms with van der Waals surface area (Å²) in [6.45, 7) is 3.93. The molecule has 8 nitrogen and oxygen atoms in total. The Hall–Kier alpha value is -2.29. The minimum atomic E-state index is -0.505. The maximum Gasteiger partial charge on any atom is 0.321 e. The van der Waals surface area contributed by atoms with Crippen molar-refractivity contribution in [1.29, 1.82) is 0 Å². The van der Waals surface area contributed by atoms with Crippen LogP contribution >= 0.6 is 11.8 Å². The molecule has 0 saturated heterocycles. The van der Waals surface area contributed by atoms with Gasteiger partial charge in [-0.05, 0) is 26.0 Å². The van der Waals surface area contributed by atoms with Crippen molar-refractivity contribution in [2.24, 2.45) is 7.05 Å². The molecule has 1 unspecified atom stereocenters. The van der Waals surface area contributed by atoms with Crippen LogP contribution in [-0.4, -0.2) is 38.5 Å². The SMILES string of the molecule is CCNC(=O)NC(=O)C(C)Sc1nnc(-c2ccco2)n1C. The summed E-state index contributed by atoms with van der Waals surface area (Å²) >= 11 is 1.21. The first-order chi connectivity index (χ1) is 10.5. The lowest BCUT2D eigenvalue weighted by Gasteiger charge is -2.10. The summed E-state index contributed by atoms with van der Waals surface area (Å²) in [6.07, 6.45) is 1.55. The average Bonchev–Trinajstić information content (AvgIpc) is 3.10. The Morgan fingerprint density at radius 2 is 2.23 bits per heavy atom. The highest BCUT2D eigenvalue weighted by atomic mass is 32.2. The molecular weight excluding hydrogens is 306 g/mol. The second-order valence-electron chi connectivity index (χ2n) is 4.45. The summed E-state index contributed by atoms with van der Waals surface area (Å²) in [4.78, 5) is 23.2. The van der Waals surface area contributed by atoms with E-state index in [2.05, 4.69) is 20.8 Å². The van der Waals surface area contributed by atoms with Gasteiger partial charge >= 0.3 is 6.03 Å². The standard InChI is InChI=1S/C13H17N5O3S/c1-4-14-12(20)15-11(19)8(2)22-13-17-16-10(18(13)3)9-6-5-7-21-9/h5-8H,4H2,1-3H3,(H2,14,15,19,20). The summed E-state index contributed by atoms with van der Waals surface area (Å²) in [5.41, 5.74) is 0. The molecule has 2 N–H and O–H groups in total. The number of aromatic nitrogens is 3. The fourth-order valence-electron chi connectivity index (χ4n) is 1.67. The molecule has 0 saturated carbocycles. The lowest BCUT2D eigenvalue weighted by Crippen LogP contribution is -2.42. The fourth-order valence-corrected chi connectivity index (χ4v) is 2.48. The van der Waals surface area contributed by atoms with Crippen molar-refractivity contribution in [1.82, 2.24) is 25.4 Å². The molecule has 22 heavy (non-hydrogen) atoms. The van der Waals surface area contributed by atoms with Crippen molar-refractivity contribution in [3.8, 4) is 11.6 Å². The quantitative estimate of drug-likeness (QED) is 0.806. The summed E-state index contributed by atoms with van der Waals surface area (Å²) in [7, 11) is 1.79. The van der Waals surface area contributed by atoms with Gasteiger partial charge in [0.25, 0.3) is 0 Å². The Morgan fingerprint density at radius 1 is 1.45 bits per heavy atom. The van der Waals surface area contributed by atoms with E-state index >= 15 is 0 Å². The minimum absolute atomic E-state index is 0.390. The number of urea groups is 1. The Balaban J connectivity index is 2.02. The van der Waals surface area contributed by atoms with Crippen LogP contribution in [0.1, 0.15) is 13.8 Å². The van der Waals surface area contributed by atoms with Gasteiger partial charge in [0.2, 0.25) is 5.91 Å². The van der Waals surface area contributed by atoms with Gasteiger partial charge in [0.05, 0.1) is 11.5 Å². The van der Waals surface area contributed by atoms with E-state index in [-0.39, 0.29) is 0 Å². The van der Waals surface area contributed by atoms with Gasteiger partial charge in [-0.1, -0.05) is 11.8 Å². The van der Waals surface area contributed by atoms with Crippen LogP contribution in [0.3, 0.4) is 0 Å². The van der Waals surface area contributed by atoms with Gasteiger partial charge in [-0.3, -0.25) is 10.1 Å². The van der Waals surface area contributed by atoms with E-state index < -0.39 is 17.2 Å². The van der Waals surface area contributed by atoms with Crippen molar-refractivity contribution in [3.05, 3.63) is 18.4 Å². The number of hydrogen-bond acceptors (Lipinski definition) is 6. The minimum Gasteiger partial charge on any atom is -0.461 e. The molecule has 9 heteroatoms. The number of imide groups is 1. The molecule has 0 aliphatic heterocycles. The predicted octanol–water partition coefficient (Wildman–Crippen LogP) is 1.40. The zero-order valence-corrected chi connectivity index (χ0v) is 13.3. The Bertz CT molecular complexity index is 653. The third-order valence-electron chi connectivity index (χ3n) is 2.80. The van der Waals surface area contributed by atoms with E-state index in [4.69, 9.17) is 4.42 Å². The first-order valence-corrected chi connectivity index (χ1v) is 7.59. The Labute approximate surface area is 131 Å². The molecule has 0 aliphatic rings. The molecule has 0 aromatic carbocycles. The topological polar surface area (TPSA) is 102 Å². The van der Waals surface area contributed by atoms with Crippen LogP contribution in [0.2, 0.25) is 0 Å². The molecule has 0 spiro atoms. The van der Waals surface area contributed by atoms with Crippen LogP contribution in [0.5, 0.6) is 0 Å². The number of carbonyl (C=O) groups is 2. The third-order valence-corrected chi connectivity index (χ3v) is 3.94. The fraction of sp³-hybridized carbons (Fsp3) is 0.385. The van der Waals surface area contributed by atoms with Crippen molar-refractivity contribution in [3.63, 3.8) is 0 Å². The van der Waals surface area contributed by atoms with Crippen LogP contribution in [0.4, 0.5) is 4.79 Å². The largest absolute Gasteiger partial charge is 0.461 e. The van der Waals surface area contributed by atoms with Gasteiger partial charge in [0.15, 0.2) is 16.7 Å². The van der Waals surface area contributed by atoms with E-state index in [9.17, 15) is 9.59 Å². The van der Waals surface area contributed by atoms with Crippen LogP contribution in [0.15, 0.2) is 28.0 Å². The highest BCUT2D eigenvalue weighted by Gasteiger charge is 2.21. The van der Waals surface area contributed by atoms with Gasteiger partial charge in [-0.15, -0.1) is 10.2 Å². The monoisotopic (exact) mass is 323 g/mol. The van der Waals surface area contributed by atoms with E-state index in [0.29, 0.717) is 23.3 Å². The van der Waals surface area contributed by atoms with Crippen molar-refractivity contribution >= 4 is 23.7 Å². The van der Waals surface area contributed by atoms with Gasteiger partial charge < -0.3 is 14.3 Å². The summed E-state index contributed by atoms with van der Waals surface area (Å²) in [5, 5.41) is 12.9. The van der Waals surface area contributed by atoms with E-state index in [1.54, 1.807) is 43.9 Å². The Kier molecular flexibility index (Phi) is 5.21. The van der Waals surface area contributed by atoms with Gasteiger partial charge in [-0.25, -0.2) is 4.79 Å². The number of rotatable bonds is 5. The van der Waals surface area contributed by atoms with Gasteiger partial charge in [0.1, 0.15) is 0 Å². The summed E-state index contributed by atoms with van der Waals surface area (Å²) < 4.78 is 7.02. The van der Waals surface area contributed by atoms with Crippen LogP contribution in [0.25, 0.3) is 11.6 Å². The molecule has 0 bridgehead atoms. The zero-order valence-electron chi connectivity index (χ0n) is 12.5. The normalized spacial score (nSPS) is 12.0. The van der Waals surface area contributed by atoms with Crippen molar-refractivity contribution in [2.75, 3.05) is 6.54 Å². The maximum atomic E-state index is 11.9. The van der Waals surface area contributed by atoms with Gasteiger partial charge in [0, 0.05) is 13.6 Å². The van der Waals surface area contributed by atoms with Crippen LogP contribution in [0, 0.1) is 0 Å². The highest BCUT2D eigenvalue weighted by molar-refractivity contribution is 8.00. The predicted molar refractivity (Wildman–Crippen MR) is 81.2 cm³/mol. The number of amides is 3. The van der Waals surface area contributed by atoms with Gasteiger partial charge in [-0.2, -0.15) is 0 Å². The number of thioether (sulfide) groups is 1. The lowest BCUT2D eigenvalue weighted by molar-refractivity contribution is -0.119. The zero-order chi connectivity index (χ0) is 16.1. The Morgan fingerprint density at radius 3 is 2.86 bits per heavy atom. The molecule has 0 radical (unpaired) electrons. The van der Waals surface area contributed by atoms with E-state index in [0.717, 1.165) is 0 Å². The molecule has 2 heterocycles. The second kappa shape index (κ2) is 7.12. The van der Waals surface area contributed by atoms with Crippen molar-refractivity contribution < 1.29 is 14.0 Å². The van der Waals surface area contributed by atoms with Crippen LogP contribution in [-0.2, 0) is 11.8 Å². The molecule has 2 aromatic rings. The van der Waals surface area contributed by atoms with E-state index in [1.807, 2.05) is 0 Å².